The summed E-state index contributed by atoms with van der Waals surface area (Å²) in [6.45, 7) is 1.91. The Morgan fingerprint density at radius 3 is 2.05 bits per heavy atom. The van der Waals surface area contributed by atoms with E-state index in [2.05, 4.69) is 0 Å². The molecule has 0 aliphatic heterocycles. The van der Waals surface area contributed by atoms with Crippen LogP contribution in [0.5, 0.6) is 0 Å². The highest BCUT2D eigenvalue weighted by Crippen LogP contribution is 2.23. The van der Waals surface area contributed by atoms with E-state index < -0.39 is 12.5 Å². The highest BCUT2D eigenvalue weighted by Gasteiger charge is 2.30. The standard InChI is InChI=1S/C18H17F2NO/c1-2-14-3-9-17(10-4-14)13-22-18(19,20)11-15-5-7-16(12-21)8-6-15/h3-10H,2,11,13H2,1H3. The molecule has 0 aliphatic carbocycles. The topological polar surface area (TPSA) is 33.0 Å². The second-order valence-electron chi connectivity index (χ2n) is 5.08. The van der Waals surface area contributed by atoms with Gasteiger partial charge in [0.15, 0.2) is 0 Å². The van der Waals surface area contributed by atoms with Gasteiger partial charge in [-0.1, -0.05) is 43.3 Å². The third-order valence-corrected chi connectivity index (χ3v) is 3.37. The van der Waals surface area contributed by atoms with Crippen molar-refractivity contribution in [2.75, 3.05) is 0 Å². The molecule has 0 fully saturated rings. The van der Waals surface area contributed by atoms with Crippen molar-refractivity contribution in [2.24, 2.45) is 0 Å². The average molecular weight is 301 g/mol. The van der Waals surface area contributed by atoms with Crippen LogP contribution in [-0.4, -0.2) is 6.11 Å². The largest absolute Gasteiger partial charge is 0.360 e. The predicted octanol–water partition coefficient (Wildman–Crippen LogP) is 4.47. The average Bonchev–Trinajstić information content (AvgIpc) is 2.54. The predicted molar refractivity (Wildman–Crippen MR) is 80.4 cm³/mol. The van der Waals surface area contributed by atoms with Crippen molar-refractivity contribution in [3.8, 4) is 6.07 Å². The van der Waals surface area contributed by atoms with E-state index in [0.717, 1.165) is 17.5 Å². The second kappa shape index (κ2) is 7.15. The van der Waals surface area contributed by atoms with E-state index in [0.29, 0.717) is 11.1 Å². The fraction of sp³-hybridized carbons (Fsp3) is 0.278. The molecule has 0 spiro atoms. The van der Waals surface area contributed by atoms with Crippen LogP contribution in [0.25, 0.3) is 0 Å². The van der Waals surface area contributed by atoms with E-state index in [1.807, 2.05) is 25.1 Å². The molecule has 22 heavy (non-hydrogen) atoms. The molecule has 2 aromatic rings. The van der Waals surface area contributed by atoms with Gasteiger partial charge in [-0.05, 0) is 35.2 Å². The molecule has 114 valence electrons. The van der Waals surface area contributed by atoms with E-state index in [9.17, 15) is 8.78 Å². The molecule has 0 aromatic heterocycles. The number of benzene rings is 2. The minimum absolute atomic E-state index is 0.132. The number of nitriles is 1. The molecule has 0 atom stereocenters. The van der Waals surface area contributed by atoms with E-state index in [1.54, 1.807) is 12.1 Å². The van der Waals surface area contributed by atoms with E-state index in [-0.39, 0.29) is 6.61 Å². The zero-order valence-corrected chi connectivity index (χ0v) is 12.4. The summed E-state index contributed by atoms with van der Waals surface area (Å²) in [6, 6.07) is 15.5. The van der Waals surface area contributed by atoms with Crippen molar-refractivity contribution in [1.82, 2.24) is 0 Å². The van der Waals surface area contributed by atoms with Gasteiger partial charge >= 0.3 is 6.11 Å². The van der Waals surface area contributed by atoms with Gasteiger partial charge in [0.1, 0.15) is 0 Å². The quantitative estimate of drug-likeness (QED) is 0.788. The lowest BCUT2D eigenvalue weighted by molar-refractivity contribution is -0.244. The highest BCUT2D eigenvalue weighted by molar-refractivity contribution is 5.31. The molecule has 2 nitrogen and oxygen atoms in total. The Hall–Kier alpha value is -2.25. The smallest absolute Gasteiger partial charge is 0.315 e. The maximum atomic E-state index is 13.8. The second-order valence-corrected chi connectivity index (χ2v) is 5.08. The molecule has 0 saturated heterocycles. The van der Waals surface area contributed by atoms with Gasteiger partial charge < -0.3 is 4.74 Å². The van der Waals surface area contributed by atoms with Crippen LogP contribution < -0.4 is 0 Å². The summed E-state index contributed by atoms with van der Waals surface area (Å²) in [5, 5.41) is 8.69. The number of ether oxygens (including phenoxy) is 1. The summed E-state index contributed by atoms with van der Waals surface area (Å²) in [6.07, 6.45) is -2.83. The van der Waals surface area contributed by atoms with E-state index in [4.69, 9.17) is 10.00 Å². The third-order valence-electron chi connectivity index (χ3n) is 3.37. The van der Waals surface area contributed by atoms with Crippen molar-refractivity contribution in [2.45, 2.75) is 32.5 Å². The van der Waals surface area contributed by atoms with Crippen LogP contribution in [0.1, 0.15) is 29.2 Å². The van der Waals surface area contributed by atoms with Crippen molar-refractivity contribution in [3.63, 3.8) is 0 Å². The van der Waals surface area contributed by atoms with Gasteiger partial charge in [0.2, 0.25) is 0 Å². The molecule has 2 rings (SSSR count). The number of aryl methyl sites for hydroxylation is 1. The van der Waals surface area contributed by atoms with Crippen LogP contribution in [0.4, 0.5) is 8.78 Å². The fourth-order valence-corrected chi connectivity index (χ4v) is 2.05. The van der Waals surface area contributed by atoms with Crippen LogP contribution in [-0.2, 0) is 24.2 Å². The Balaban J connectivity index is 1.93. The number of hydrogen-bond donors (Lipinski definition) is 0. The molecule has 0 unspecified atom stereocenters. The van der Waals surface area contributed by atoms with Crippen LogP contribution in [0, 0.1) is 11.3 Å². The third kappa shape index (κ3) is 4.64. The highest BCUT2D eigenvalue weighted by atomic mass is 19.3. The minimum Gasteiger partial charge on any atom is -0.315 e. The first kappa shape index (κ1) is 16.1. The molecule has 4 heteroatoms. The molecule has 0 N–H and O–H groups in total. The number of nitrogens with zero attached hydrogens (tertiary/aromatic N) is 1. The lowest BCUT2D eigenvalue weighted by Gasteiger charge is -2.17. The molecule has 0 heterocycles. The van der Waals surface area contributed by atoms with Crippen molar-refractivity contribution in [1.29, 1.82) is 5.26 Å². The maximum absolute atomic E-state index is 13.8. The normalized spacial score (nSPS) is 11.2. The van der Waals surface area contributed by atoms with Gasteiger partial charge in [-0.2, -0.15) is 14.0 Å². The Bertz CT molecular complexity index is 642. The number of alkyl halides is 2. The van der Waals surface area contributed by atoms with Crippen LogP contribution in [0.3, 0.4) is 0 Å². The summed E-state index contributed by atoms with van der Waals surface area (Å²) in [4.78, 5) is 0. The van der Waals surface area contributed by atoms with E-state index in [1.165, 1.54) is 24.3 Å². The first-order chi connectivity index (χ1) is 10.5. The SMILES string of the molecule is CCc1ccc(COC(F)(F)Cc2ccc(C#N)cc2)cc1. The summed E-state index contributed by atoms with van der Waals surface area (Å²) < 4.78 is 32.4. The minimum atomic E-state index is -3.24. The molecule has 0 amide bonds. The van der Waals surface area contributed by atoms with Gasteiger partial charge in [-0.3, -0.25) is 0 Å². The van der Waals surface area contributed by atoms with Gasteiger partial charge in [0.25, 0.3) is 0 Å². The first-order valence-electron chi connectivity index (χ1n) is 7.11. The maximum Gasteiger partial charge on any atom is 0.360 e. The zero-order valence-electron chi connectivity index (χ0n) is 12.4. The van der Waals surface area contributed by atoms with Gasteiger partial charge in [-0.15, -0.1) is 0 Å². The number of halogens is 2. The number of rotatable bonds is 6. The van der Waals surface area contributed by atoms with Gasteiger partial charge in [0, 0.05) is 0 Å². The van der Waals surface area contributed by atoms with Crippen LogP contribution >= 0.6 is 0 Å². The first-order valence-corrected chi connectivity index (χ1v) is 7.11. The van der Waals surface area contributed by atoms with Crippen LogP contribution in [0.15, 0.2) is 48.5 Å². The monoisotopic (exact) mass is 301 g/mol. The summed E-state index contributed by atoms with van der Waals surface area (Å²) in [5.74, 6) is 0. The van der Waals surface area contributed by atoms with Crippen LogP contribution in [0.2, 0.25) is 0 Å². The van der Waals surface area contributed by atoms with Crippen molar-refractivity contribution >= 4 is 0 Å². The summed E-state index contributed by atoms with van der Waals surface area (Å²) in [5.41, 5.74) is 2.76. The zero-order chi connectivity index (χ0) is 16.0. The molecular weight excluding hydrogens is 284 g/mol. The molecule has 0 radical (unpaired) electrons. The van der Waals surface area contributed by atoms with Crippen molar-refractivity contribution in [3.05, 3.63) is 70.8 Å². The molecule has 0 bridgehead atoms. The summed E-state index contributed by atoms with van der Waals surface area (Å²) in [7, 11) is 0. The lowest BCUT2D eigenvalue weighted by atomic mass is 10.1. The lowest BCUT2D eigenvalue weighted by Crippen LogP contribution is -2.23. The van der Waals surface area contributed by atoms with Gasteiger partial charge in [0.05, 0.1) is 24.7 Å². The Morgan fingerprint density at radius 1 is 0.955 bits per heavy atom. The fourth-order valence-electron chi connectivity index (χ4n) is 2.05. The van der Waals surface area contributed by atoms with Crippen molar-refractivity contribution < 1.29 is 13.5 Å². The molecular formula is C18H17F2NO. The Labute approximate surface area is 129 Å². The van der Waals surface area contributed by atoms with E-state index >= 15 is 0 Å². The number of hydrogen-bond acceptors (Lipinski definition) is 2. The molecule has 0 aliphatic rings. The Morgan fingerprint density at radius 2 is 1.50 bits per heavy atom. The Kier molecular flexibility index (Phi) is 5.24. The van der Waals surface area contributed by atoms with Gasteiger partial charge in [-0.25, -0.2) is 0 Å². The summed E-state index contributed by atoms with van der Waals surface area (Å²) >= 11 is 0. The molecule has 0 saturated carbocycles. The molecule has 2 aromatic carbocycles.